The number of nitro groups is 1. The van der Waals surface area contributed by atoms with Crippen LogP contribution in [-0.4, -0.2) is 35.5 Å². The first kappa shape index (κ1) is 10.2. The van der Waals surface area contributed by atoms with Gasteiger partial charge in [-0.2, -0.15) is 0 Å². The molecule has 1 aromatic rings. The van der Waals surface area contributed by atoms with Gasteiger partial charge in [0.2, 0.25) is 0 Å². The SMILES string of the molecule is [B]C([B])(O)c1cnn(C2CC2)c1[N+](=O)[O-]. The van der Waals surface area contributed by atoms with E-state index >= 15 is 0 Å². The summed E-state index contributed by atoms with van der Waals surface area (Å²) in [6.07, 6.45) is 2.82. The van der Waals surface area contributed by atoms with Crippen LogP contribution in [0, 0.1) is 10.1 Å². The number of aliphatic hydroxyl groups is 1. The maximum absolute atomic E-state index is 10.8. The Morgan fingerprint density at radius 1 is 1.67 bits per heavy atom. The molecular weight excluding hydrogens is 196 g/mol. The Labute approximate surface area is 88.2 Å². The maximum Gasteiger partial charge on any atom is 0.349 e. The largest absolute Gasteiger partial charge is 0.404 e. The topological polar surface area (TPSA) is 81.2 Å². The van der Waals surface area contributed by atoms with E-state index in [0.717, 1.165) is 19.0 Å². The van der Waals surface area contributed by atoms with Gasteiger partial charge in [0.15, 0.2) is 0 Å². The highest BCUT2D eigenvalue weighted by molar-refractivity contribution is 6.38. The van der Waals surface area contributed by atoms with Crippen molar-refractivity contribution in [1.29, 1.82) is 0 Å². The Balaban J connectivity index is 2.51. The first-order chi connectivity index (χ1) is 6.91. The molecule has 1 aliphatic rings. The smallest absolute Gasteiger partial charge is 0.349 e. The lowest BCUT2D eigenvalue weighted by atomic mass is 9.62. The quantitative estimate of drug-likeness (QED) is 0.410. The second-order valence-corrected chi connectivity index (χ2v) is 3.64. The number of aromatic nitrogens is 2. The number of nitrogens with zero attached hydrogens (tertiary/aromatic N) is 3. The molecule has 1 heterocycles. The second kappa shape index (κ2) is 3.10. The van der Waals surface area contributed by atoms with Gasteiger partial charge in [0, 0.05) is 5.40 Å². The molecule has 1 aromatic heterocycles. The third-order valence-electron chi connectivity index (χ3n) is 2.27. The van der Waals surface area contributed by atoms with E-state index in [0.29, 0.717) is 0 Å². The summed E-state index contributed by atoms with van der Waals surface area (Å²) < 4.78 is 1.25. The highest BCUT2D eigenvalue weighted by Gasteiger charge is 2.38. The monoisotopic (exact) mass is 203 g/mol. The second-order valence-electron chi connectivity index (χ2n) is 3.64. The summed E-state index contributed by atoms with van der Waals surface area (Å²) in [5.41, 5.74) is -0.167. The highest BCUT2D eigenvalue weighted by Crippen LogP contribution is 2.39. The lowest BCUT2D eigenvalue weighted by Crippen LogP contribution is -2.26. The van der Waals surface area contributed by atoms with Crippen molar-refractivity contribution < 1.29 is 10.0 Å². The fraction of sp³-hybridized carbons (Fsp3) is 0.571. The zero-order valence-electron chi connectivity index (χ0n) is 7.83. The minimum absolute atomic E-state index is 0.0292. The van der Waals surface area contributed by atoms with Gasteiger partial charge in [-0.25, -0.2) is 0 Å². The molecule has 8 heteroatoms. The summed E-state index contributed by atoms with van der Waals surface area (Å²) >= 11 is 0. The Bertz CT molecular complexity index is 408. The van der Waals surface area contributed by atoms with Crippen LogP contribution in [0.15, 0.2) is 6.20 Å². The van der Waals surface area contributed by atoms with Crippen molar-refractivity contribution in [1.82, 2.24) is 9.78 Å². The molecule has 0 atom stereocenters. The third kappa shape index (κ3) is 1.77. The summed E-state index contributed by atoms with van der Waals surface area (Å²) in [5.74, 6) is -0.329. The van der Waals surface area contributed by atoms with Crippen LogP contribution >= 0.6 is 0 Å². The van der Waals surface area contributed by atoms with Crippen molar-refractivity contribution in [2.45, 2.75) is 24.3 Å². The molecule has 15 heavy (non-hydrogen) atoms. The molecule has 1 aliphatic carbocycles. The average molecular weight is 203 g/mol. The van der Waals surface area contributed by atoms with Crippen molar-refractivity contribution >= 4 is 21.5 Å². The molecule has 6 nitrogen and oxygen atoms in total. The lowest BCUT2D eigenvalue weighted by Gasteiger charge is -2.15. The van der Waals surface area contributed by atoms with Crippen molar-refractivity contribution in [3.63, 3.8) is 0 Å². The zero-order valence-corrected chi connectivity index (χ0v) is 7.83. The predicted molar refractivity (Wildman–Crippen MR) is 52.6 cm³/mol. The normalized spacial score (nSPS) is 16.6. The molecule has 1 N–H and O–H groups in total. The van der Waals surface area contributed by atoms with Crippen LogP contribution in [0.5, 0.6) is 0 Å². The van der Waals surface area contributed by atoms with E-state index in [2.05, 4.69) is 5.10 Å². The molecule has 1 saturated carbocycles. The maximum atomic E-state index is 10.8. The van der Waals surface area contributed by atoms with E-state index in [1.165, 1.54) is 4.68 Å². The minimum atomic E-state index is -2.23. The van der Waals surface area contributed by atoms with E-state index in [9.17, 15) is 15.2 Å². The number of rotatable bonds is 3. The van der Waals surface area contributed by atoms with Crippen LogP contribution in [0.1, 0.15) is 24.4 Å². The molecule has 0 aromatic carbocycles. The molecule has 1 fully saturated rings. The number of hydrogen-bond acceptors (Lipinski definition) is 4. The van der Waals surface area contributed by atoms with E-state index in [1.807, 2.05) is 0 Å². The van der Waals surface area contributed by atoms with Crippen molar-refractivity contribution in [3.8, 4) is 0 Å². The lowest BCUT2D eigenvalue weighted by molar-refractivity contribution is -0.393. The van der Waals surface area contributed by atoms with E-state index in [1.54, 1.807) is 0 Å². The van der Waals surface area contributed by atoms with Gasteiger partial charge in [0.25, 0.3) is 0 Å². The molecule has 0 amide bonds. The van der Waals surface area contributed by atoms with Crippen LogP contribution in [0.4, 0.5) is 5.82 Å². The van der Waals surface area contributed by atoms with Gasteiger partial charge in [-0.05, 0) is 17.8 Å². The number of hydrogen-bond donors (Lipinski definition) is 1. The molecule has 0 aliphatic heterocycles. The van der Waals surface area contributed by atoms with Gasteiger partial charge in [0.1, 0.15) is 21.7 Å². The fourth-order valence-corrected chi connectivity index (χ4v) is 1.41. The van der Waals surface area contributed by atoms with Gasteiger partial charge in [-0.3, -0.25) is 0 Å². The summed E-state index contributed by atoms with van der Waals surface area (Å²) in [4.78, 5) is 10.2. The van der Waals surface area contributed by atoms with Crippen LogP contribution in [0.3, 0.4) is 0 Å². The summed E-state index contributed by atoms with van der Waals surface area (Å²) in [7, 11) is 10.4. The van der Waals surface area contributed by atoms with Gasteiger partial charge in [-0.1, -0.05) is 5.10 Å². The summed E-state index contributed by atoms with van der Waals surface area (Å²) in [5, 5.41) is 21.7. The Morgan fingerprint density at radius 2 is 2.27 bits per heavy atom. The first-order valence-corrected chi connectivity index (χ1v) is 4.43. The average Bonchev–Trinajstić information content (AvgIpc) is 2.81. The molecule has 0 spiro atoms. The third-order valence-corrected chi connectivity index (χ3v) is 2.27. The van der Waals surface area contributed by atoms with Gasteiger partial charge in [0.05, 0.1) is 11.8 Å². The molecule has 0 saturated heterocycles. The van der Waals surface area contributed by atoms with Gasteiger partial charge in [-0.15, -0.1) is 4.68 Å². The molecular formula is C7H7B2N3O3. The van der Waals surface area contributed by atoms with Gasteiger partial charge < -0.3 is 15.2 Å². The molecule has 74 valence electrons. The summed E-state index contributed by atoms with van der Waals surface area (Å²) in [6, 6.07) is 0.0292. The van der Waals surface area contributed by atoms with Crippen molar-refractivity contribution in [2.24, 2.45) is 0 Å². The van der Waals surface area contributed by atoms with E-state index < -0.39 is 10.3 Å². The molecule has 0 bridgehead atoms. The molecule has 2 rings (SSSR count). The Kier molecular flexibility index (Phi) is 2.11. The van der Waals surface area contributed by atoms with Crippen LogP contribution in [-0.2, 0) is 5.40 Å². The van der Waals surface area contributed by atoms with Crippen molar-refractivity contribution in [2.75, 3.05) is 0 Å². The van der Waals surface area contributed by atoms with Crippen LogP contribution < -0.4 is 0 Å². The first-order valence-electron chi connectivity index (χ1n) is 4.43. The van der Waals surface area contributed by atoms with Gasteiger partial charge >= 0.3 is 5.82 Å². The Morgan fingerprint density at radius 3 is 2.67 bits per heavy atom. The predicted octanol–water partition coefficient (Wildman–Crippen LogP) is -0.434. The van der Waals surface area contributed by atoms with Crippen molar-refractivity contribution in [3.05, 3.63) is 21.9 Å². The fourth-order valence-electron chi connectivity index (χ4n) is 1.41. The standard InChI is InChI=1S/C7H7B2N3O3/c8-7(9,13)5-3-10-11(4-1-2-4)6(5)12(14)15/h3-4,13H,1-2H2. The van der Waals surface area contributed by atoms with E-state index in [-0.39, 0.29) is 17.4 Å². The summed E-state index contributed by atoms with van der Waals surface area (Å²) in [6.45, 7) is 0. The zero-order chi connectivity index (χ0) is 11.2. The minimum Gasteiger partial charge on any atom is -0.404 e. The molecule has 4 radical (unpaired) electrons. The Hall–Kier alpha value is -1.30. The molecule has 0 unspecified atom stereocenters. The van der Waals surface area contributed by atoms with Crippen LogP contribution in [0.2, 0.25) is 0 Å². The highest BCUT2D eigenvalue weighted by atomic mass is 16.6. The van der Waals surface area contributed by atoms with Crippen LogP contribution in [0.25, 0.3) is 0 Å². The van der Waals surface area contributed by atoms with E-state index in [4.69, 9.17) is 15.7 Å².